The Kier molecular flexibility index (Phi) is 3.55. The van der Waals surface area contributed by atoms with Crippen LogP contribution in [0.2, 0.25) is 0 Å². The summed E-state index contributed by atoms with van der Waals surface area (Å²) in [5, 5.41) is 2.53. The second-order valence-corrected chi connectivity index (χ2v) is 3.60. The van der Waals surface area contributed by atoms with Crippen molar-refractivity contribution in [2.24, 2.45) is 5.73 Å². The van der Waals surface area contributed by atoms with Gasteiger partial charge in [-0.25, -0.2) is 4.79 Å². The topological polar surface area (TPSA) is 64.3 Å². The number of ether oxygens (including phenoxy) is 1. The van der Waals surface area contributed by atoms with Crippen LogP contribution in [-0.4, -0.2) is 13.1 Å². The van der Waals surface area contributed by atoms with Crippen LogP contribution >= 0.6 is 0 Å². The van der Waals surface area contributed by atoms with Gasteiger partial charge in [0.15, 0.2) is 0 Å². The molecule has 0 saturated carbocycles. The number of nitrogens with one attached hydrogen (secondary N) is 1. The van der Waals surface area contributed by atoms with Crippen LogP contribution in [0.1, 0.15) is 25.3 Å². The maximum Gasteiger partial charge on any atom is 0.316 e. The molecular formula is C11H16N2O2. The number of methoxy groups -OCH3 is 1. The third-order valence-corrected chi connectivity index (χ3v) is 2.15. The first kappa shape index (κ1) is 11.4. The average Bonchev–Trinajstić information content (AvgIpc) is 2.16. The number of hydrogen-bond acceptors (Lipinski definition) is 2. The van der Waals surface area contributed by atoms with Gasteiger partial charge in [0.2, 0.25) is 0 Å². The smallest absolute Gasteiger partial charge is 0.316 e. The quantitative estimate of drug-likeness (QED) is 0.800. The molecule has 0 aliphatic carbocycles. The summed E-state index contributed by atoms with van der Waals surface area (Å²) in [6.45, 7) is 4.16. The van der Waals surface area contributed by atoms with E-state index in [9.17, 15) is 4.79 Å². The number of rotatable bonds is 3. The fourth-order valence-corrected chi connectivity index (χ4v) is 1.32. The molecule has 4 heteroatoms. The number of anilines is 1. The SMILES string of the molecule is COc1ccc(C(C)C)cc1NC(N)=O. The first-order chi connectivity index (χ1) is 7.04. The summed E-state index contributed by atoms with van der Waals surface area (Å²) in [5.41, 5.74) is 6.80. The average molecular weight is 208 g/mol. The lowest BCUT2D eigenvalue weighted by Gasteiger charge is -2.12. The lowest BCUT2D eigenvalue weighted by Crippen LogP contribution is -2.19. The van der Waals surface area contributed by atoms with E-state index in [2.05, 4.69) is 19.2 Å². The van der Waals surface area contributed by atoms with Crippen molar-refractivity contribution in [3.05, 3.63) is 23.8 Å². The van der Waals surface area contributed by atoms with E-state index in [1.165, 1.54) is 0 Å². The second kappa shape index (κ2) is 4.68. The fraction of sp³-hybridized carbons (Fsp3) is 0.364. The third-order valence-electron chi connectivity index (χ3n) is 2.15. The molecule has 4 nitrogen and oxygen atoms in total. The standard InChI is InChI=1S/C11H16N2O2/c1-7(2)8-4-5-10(15-3)9(6-8)13-11(12)14/h4-7H,1-3H3,(H3,12,13,14). The van der Waals surface area contributed by atoms with Gasteiger partial charge in [0.25, 0.3) is 0 Å². The Morgan fingerprint density at radius 3 is 2.60 bits per heavy atom. The van der Waals surface area contributed by atoms with Gasteiger partial charge in [0.1, 0.15) is 5.75 Å². The summed E-state index contributed by atoms with van der Waals surface area (Å²) in [5.74, 6) is 1.00. The first-order valence-electron chi connectivity index (χ1n) is 4.79. The molecule has 0 aliphatic rings. The van der Waals surface area contributed by atoms with E-state index in [1.807, 2.05) is 18.2 Å². The lowest BCUT2D eigenvalue weighted by atomic mass is 10.0. The predicted molar refractivity (Wildman–Crippen MR) is 60.3 cm³/mol. The summed E-state index contributed by atoms with van der Waals surface area (Å²) >= 11 is 0. The van der Waals surface area contributed by atoms with Crippen molar-refractivity contribution >= 4 is 11.7 Å². The van der Waals surface area contributed by atoms with Crippen LogP contribution in [0.5, 0.6) is 5.75 Å². The molecule has 1 rings (SSSR count). The molecule has 82 valence electrons. The molecule has 1 aromatic carbocycles. The van der Waals surface area contributed by atoms with Crippen LogP contribution in [0, 0.1) is 0 Å². The highest BCUT2D eigenvalue weighted by molar-refractivity contribution is 5.89. The number of benzene rings is 1. The summed E-state index contributed by atoms with van der Waals surface area (Å²) in [6, 6.07) is 5.07. The number of urea groups is 1. The van der Waals surface area contributed by atoms with Crippen LogP contribution in [0.15, 0.2) is 18.2 Å². The Bertz CT molecular complexity index is 362. The van der Waals surface area contributed by atoms with E-state index < -0.39 is 6.03 Å². The highest BCUT2D eigenvalue weighted by Crippen LogP contribution is 2.28. The van der Waals surface area contributed by atoms with E-state index in [1.54, 1.807) is 7.11 Å². The van der Waals surface area contributed by atoms with Crippen molar-refractivity contribution in [3.8, 4) is 5.75 Å². The van der Waals surface area contributed by atoms with Crippen molar-refractivity contribution in [1.29, 1.82) is 0 Å². The Morgan fingerprint density at radius 1 is 1.47 bits per heavy atom. The molecule has 1 aromatic rings. The van der Waals surface area contributed by atoms with Gasteiger partial charge in [-0.05, 0) is 23.6 Å². The monoisotopic (exact) mass is 208 g/mol. The fourth-order valence-electron chi connectivity index (χ4n) is 1.32. The number of hydrogen-bond donors (Lipinski definition) is 2. The van der Waals surface area contributed by atoms with E-state index >= 15 is 0 Å². The number of primary amides is 1. The number of carbonyl (C=O) groups is 1. The van der Waals surface area contributed by atoms with Crippen molar-refractivity contribution < 1.29 is 9.53 Å². The molecule has 3 N–H and O–H groups in total. The molecule has 0 saturated heterocycles. The Balaban J connectivity index is 3.07. The van der Waals surface area contributed by atoms with E-state index in [0.29, 0.717) is 17.4 Å². The highest BCUT2D eigenvalue weighted by atomic mass is 16.5. The lowest BCUT2D eigenvalue weighted by molar-refractivity contribution is 0.259. The molecular weight excluding hydrogens is 192 g/mol. The van der Waals surface area contributed by atoms with Crippen molar-refractivity contribution in [1.82, 2.24) is 0 Å². The third kappa shape index (κ3) is 2.87. The molecule has 0 heterocycles. The largest absolute Gasteiger partial charge is 0.495 e. The van der Waals surface area contributed by atoms with Crippen LogP contribution in [-0.2, 0) is 0 Å². The van der Waals surface area contributed by atoms with Crippen LogP contribution in [0.4, 0.5) is 10.5 Å². The summed E-state index contributed by atoms with van der Waals surface area (Å²) in [4.78, 5) is 10.8. The molecule has 2 amide bonds. The van der Waals surface area contributed by atoms with E-state index in [4.69, 9.17) is 10.5 Å². The van der Waals surface area contributed by atoms with Gasteiger partial charge in [-0.1, -0.05) is 19.9 Å². The molecule has 0 aromatic heterocycles. The van der Waals surface area contributed by atoms with Crippen LogP contribution in [0.25, 0.3) is 0 Å². The van der Waals surface area contributed by atoms with E-state index in [0.717, 1.165) is 5.56 Å². The normalized spacial score (nSPS) is 10.1. The number of nitrogens with two attached hydrogens (primary N) is 1. The predicted octanol–water partition coefficient (Wildman–Crippen LogP) is 2.31. The number of carbonyl (C=O) groups excluding carboxylic acids is 1. The maximum absolute atomic E-state index is 10.8. The van der Waals surface area contributed by atoms with Gasteiger partial charge in [-0.15, -0.1) is 0 Å². The second-order valence-electron chi connectivity index (χ2n) is 3.60. The van der Waals surface area contributed by atoms with E-state index in [-0.39, 0.29) is 0 Å². The molecule has 0 radical (unpaired) electrons. The zero-order valence-electron chi connectivity index (χ0n) is 9.20. The first-order valence-corrected chi connectivity index (χ1v) is 4.79. The molecule has 0 unspecified atom stereocenters. The zero-order valence-corrected chi connectivity index (χ0v) is 9.20. The Hall–Kier alpha value is -1.71. The van der Waals surface area contributed by atoms with Gasteiger partial charge in [0.05, 0.1) is 12.8 Å². The molecule has 0 aliphatic heterocycles. The Labute approximate surface area is 89.4 Å². The van der Waals surface area contributed by atoms with Gasteiger partial charge >= 0.3 is 6.03 Å². The van der Waals surface area contributed by atoms with Crippen LogP contribution in [0.3, 0.4) is 0 Å². The zero-order chi connectivity index (χ0) is 11.4. The minimum Gasteiger partial charge on any atom is -0.495 e. The molecule has 0 spiro atoms. The summed E-state index contributed by atoms with van der Waals surface area (Å²) in [7, 11) is 1.55. The van der Waals surface area contributed by atoms with Crippen LogP contribution < -0.4 is 15.8 Å². The maximum atomic E-state index is 10.8. The number of amides is 2. The van der Waals surface area contributed by atoms with Crippen molar-refractivity contribution in [2.75, 3.05) is 12.4 Å². The summed E-state index contributed by atoms with van der Waals surface area (Å²) in [6.07, 6.45) is 0. The van der Waals surface area contributed by atoms with Gasteiger partial charge in [-0.3, -0.25) is 0 Å². The Morgan fingerprint density at radius 2 is 2.13 bits per heavy atom. The van der Waals surface area contributed by atoms with Crippen molar-refractivity contribution in [3.63, 3.8) is 0 Å². The highest BCUT2D eigenvalue weighted by Gasteiger charge is 2.07. The van der Waals surface area contributed by atoms with Gasteiger partial charge < -0.3 is 15.8 Å². The van der Waals surface area contributed by atoms with Gasteiger partial charge in [0, 0.05) is 0 Å². The molecule has 0 bridgehead atoms. The molecule has 0 atom stereocenters. The molecule has 0 fully saturated rings. The minimum absolute atomic E-state index is 0.393. The van der Waals surface area contributed by atoms with Crippen molar-refractivity contribution in [2.45, 2.75) is 19.8 Å². The minimum atomic E-state index is -0.589. The molecule has 15 heavy (non-hydrogen) atoms. The van der Waals surface area contributed by atoms with Gasteiger partial charge in [-0.2, -0.15) is 0 Å². The summed E-state index contributed by atoms with van der Waals surface area (Å²) < 4.78 is 5.11.